The van der Waals surface area contributed by atoms with Crippen LogP contribution in [0.15, 0.2) is 0 Å². The summed E-state index contributed by atoms with van der Waals surface area (Å²) in [6.45, 7) is 13.0. The van der Waals surface area contributed by atoms with E-state index in [1.54, 1.807) is 0 Å². The lowest BCUT2D eigenvalue weighted by atomic mass is 10.3. The number of hydrogen-bond donors (Lipinski definition) is 0. The molecule has 4 nitrogen and oxygen atoms in total. The predicted octanol–water partition coefficient (Wildman–Crippen LogP) is 2.22. The normalized spacial score (nSPS) is 19.9. The molecule has 0 bridgehead atoms. The van der Waals surface area contributed by atoms with Crippen molar-refractivity contribution in [2.24, 2.45) is 0 Å². The molecule has 0 aliphatic carbocycles. The lowest BCUT2D eigenvalue weighted by Crippen LogP contribution is -2.54. The monoisotopic (exact) mass is 289 g/mol. The standard InChI is InChI=1S/C12H27NO3Si2/c1-17(2,3)15-9-6-7-12(14)13-8-10-16-18(4,5)11-13/h6-11H2,1-5H3. The summed E-state index contributed by atoms with van der Waals surface area (Å²) < 4.78 is 11.5. The van der Waals surface area contributed by atoms with E-state index in [0.717, 1.165) is 19.1 Å². The Balaban J connectivity index is 2.24. The topological polar surface area (TPSA) is 38.8 Å². The molecule has 18 heavy (non-hydrogen) atoms. The highest BCUT2D eigenvalue weighted by Gasteiger charge is 2.32. The fraction of sp³-hybridized carbons (Fsp3) is 0.917. The van der Waals surface area contributed by atoms with Gasteiger partial charge in [-0.3, -0.25) is 4.79 Å². The highest BCUT2D eigenvalue weighted by Crippen LogP contribution is 2.14. The summed E-state index contributed by atoms with van der Waals surface area (Å²) in [6.07, 6.45) is 2.28. The molecule has 6 heteroatoms. The Kier molecular flexibility index (Phi) is 5.57. The molecule has 1 rings (SSSR count). The van der Waals surface area contributed by atoms with Gasteiger partial charge in [-0.15, -0.1) is 0 Å². The molecule has 1 aliphatic rings. The summed E-state index contributed by atoms with van der Waals surface area (Å²) in [6, 6.07) is 0. The largest absolute Gasteiger partial charge is 0.418 e. The molecule has 0 saturated carbocycles. The first kappa shape index (κ1) is 15.9. The van der Waals surface area contributed by atoms with Crippen molar-refractivity contribution >= 4 is 22.5 Å². The van der Waals surface area contributed by atoms with Gasteiger partial charge in [-0.2, -0.15) is 0 Å². The van der Waals surface area contributed by atoms with E-state index in [1.807, 2.05) is 4.90 Å². The summed E-state index contributed by atoms with van der Waals surface area (Å²) in [5.74, 6) is 0.262. The van der Waals surface area contributed by atoms with Crippen LogP contribution in [0.2, 0.25) is 32.7 Å². The first-order valence-electron chi connectivity index (χ1n) is 6.75. The summed E-state index contributed by atoms with van der Waals surface area (Å²) in [5.41, 5.74) is 0. The number of hydrogen-bond acceptors (Lipinski definition) is 3. The Labute approximate surface area is 113 Å². The second-order valence-corrected chi connectivity index (χ2v) is 15.1. The van der Waals surface area contributed by atoms with Gasteiger partial charge in [0.25, 0.3) is 0 Å². The molecule has 1 amide bonds. The number of carbonyl (C=O) groups is 1. The first-order valence-corrected chi connectivity index (χ1v) is 13.3. The molecule has 0 N–H and O–H groups in total. The van der Waals surface area contributed by atoms with Gasteiger partial charge in [0.1, 0.15) is 0 Å². The van der Waals surface area contributed by atoms with Gasteiger partial charge in [-0.05, 0) is 39.2 Å². The molecule has 1 heterocycles. The zero-order chi connectivity index (χ0) is 13.8. The quantitative estimate of drug-likeness (QED) is 0.575. The average molecular weight is 290 g/mol. The molecule has 1 saturated heterocycles. The van der Waals surface area contributed by atoms with Gasteiger partial charge in [-0.25, -0.2) is 0 Å². The molecular weight excluding hydrogens is 262 g/mol. The Hall–Kier alpha value is -0.176. The minimum Gasteiger partial charge on any atom is -0.418 e. The maximum Gasteiger partial charge on any atom is 0.222 e. The molecule has 0 aromatic rings. The zero-order valence-corrected chi connectivity index (χ0v) is 14.4. The van der Waals surface area contributed by atoms with E-state index in [-0.39, 0.29) is 5.91 Å². The van der Waals surface area contributed by atoms with E-state index in [9.17, 15) is 4.79 Å². The molecule has 0 radical (unpaired) electrons. The molecule has 1 fully saturated rings. The van der Waals surface area contributed by atoms with Crippen molar-refractivity contribution < 1.29 is 13.6 Å². The van der Waals surface area contributed by atoms with E-state index in [1.165, 1.54) is 0 Å². The van der Waals surface area contributed by atoms with Gasteiger partial charge in [0.15, 0.2) is 8.32 Å². The number of amides is 1. The highest BCUT2D eigenvalue weighted by molar-refractivity contribution is 6.71. The second kappa shape index (κ2) is 6.32. The number of carbonyl (C=O) groups excluding carboxylic acids is 1. The van der Waals surface area contributed by atoms with Crippen LogP contribution in [0, 0.1) is 0 Å². The van der Waals surface area contributed by atoms with Crippen LogP contribution in [0.3, 0.4) is 0 Å². The molecule has 1 aliphatic heterocycles. The van der Waals surface area contributed by atoms with Crippen LogP contribution in [0.1, 0.15) is 12.8 Å². The molecule has 106 valence electrons. The van der Waals surface area contributed by atoms with Crippen molar-refractivity contribution in [3.8, 4) is 0 Å². The van der Waals surface area contributed by atoms with Gasteiger partial charge >= 0.3 is 0 Å². The van der Waals surface area contributed by atoms with Crippen molar-refractivity contribution in [2.45, 2.75) is 45.6 Å². The Bertz CT molecular complexity index is 290. The predicted molar refractivity (Wildman–Crippen MR) is 78.5 cm³/mol. The average Bonchev–Trinajstić information content (AvgIpc) is 2.21. The second-order valence-electron chi connectivity index (χ2n) is 6.49. The van der Waals surface area contributed by atoms with Gasteiger partial charge < -0.3 is 13.8 Å². The van der Waals surface area contributed by atoms with E-state index in [2.05, 4.69) is 32.7 Å². The van der Waals surface area contributed by atoms with E-state index >= 15 is 0 Å². The number of nitrogens with zero attached hydrogens (tertiary/aromatic N) is 1. The van der Waals surface area contributed by atoms with Gasteiger partial charge in [0.05, 0.1) is 6.61 Å². The smallest absolute Gasteiger partial charge is 0.222 e. The third-order valence-corrected chi connectivity index (χ3v) is 6.05. The maximum atomic E-state index is 12.1. The molecule has 0 unspecified atom stereocenters. The van der Waals surface area contributed by atoms with Crippen molar-refractivity contribution in [1.29, 1.82) is 0 Å². The fourth-order valence-corrected chi connectivity index (χ4v) is 4.73. The third kappa shape index (κ3) is 6.13. The minimum absolute atomic E-state index is 0.262. The van der Waals surface area contributed by atoms with Crippen molar-refractivity contribution in [3.05, 3.63) is 0 Å². The Morgan fingerprint density at radius 1 is 1.39 bits per heavy atom. The molecule has 0 atom stereocenters. The van der Waals surface area contributed by atoms with E-state index in [4.69, 9.17) is 8.85 Å². The van der Waals surface area contributed by atoms with Crippen LogP contribution in [0.5, 0.6) is 0 Å². The lowest BCUT2D eigenvalue weighted by molar-refractivity contribution is -0.132. The van der Waals surface area contributed by atoms with Crippen LogP contribution in [-0.4, -0.2) is 53.4 Å². The SMILES string of the molecule is C[Si](C)(C)OCCCC(=O)N1CCO[Si](C)(C)C1. The fourth-order valence-electron chi connectivity index (χ4n) is 1.99. The third-order valence-electron chi connectivity index (χ3n) is 2.85. The molecular formula is C12H27NO3Si2. The minimum atomic E-state index is -1.61. The Morgan fingerprint density at radius 3 is 2.61 bits per heavy atom. The van der Waals surface area contributed by atoms with Crippen LogP contribution >= 0.6 is 0 Å². The maximum absolute atomic E-state index is 12.1. The van der Waals surface area contributed by atoms with Crippen LogP contribution < -0.4 is 0 Å². The summed E-state index contributed by atoms with van der Waals surface area (Å²) in [5, 5.41) is 0. The Morgan fingerprint density at radius 2 is 2.06 bits per heavy atom. The molecule has 0 aromatic heterocycles. The van der Waals surface area contributed by atoms with Crippen LogP contribution in [-0.2, 0) is 13.6 Å². The summed E-state index contributed by atoms with van der Waals surface area (Å²) >= 11 is 0. The van der Waals surface area contributed by atoms with Crippen LogP contribution in [0.25, 0.3) is 0 Å². The van der Waals surface area contributed by atoms with Crippen LogP contribution in [0.4, 0.5) is 0 Å². The van der Waals surface area contributed by atoms with Crippen molar-refractivity contribution in [2.75, 3.05) is 25.9 Å². The summed E-state index contributed by atoms with van der Waals surface area (Å²) in [7, 11) is -3.04. The summed E-state index contributed by atoms with van der Waals surface area (Å²) in [4.78, 5) is 14.0. The van der Waals surface area contributed by atoms with Crippen molar-refractivity contribution in [3.63, 3.8) is 0 Å². The molecule has 0 spiro atoms. The zero-order valence-electron chi connectivity index (χ0n) is 12.4. The molecule has 0 aromatic carbocycles. The van der Waals surface area contributed by atoms with Crippen molar-refractivity contribution in [1.82, 2.24) is 4.90 Å². The van der Waals surface area contributed by atoms with Gasteiger partial charge in [0.2, 0.25) is 14.2 Å². The van der Waals surface area contributed by atoms with E-state index < -0.39 is 16.6 Å². The number of rotatable bonds is 5. The first-order chi connectivity index (χ1) is 8.20. The van der Waals surface area contributed by atoms with Gasteiger partial charge in [-0.1, -0.05) is 0 Å². The van der Waals surface area contributed by atoms with E-state index in [0.29, 0.717) is 19.6 Å². The van der Waals surface area contributed by atoms with Gasteiger partial charge in [0, 0.05) is 25.7 Å². The highest BCUT2D eigenvalue weighted by atomic mass is 28.4. The lowest BCUT2D eigenvalue weighted by Gasteiger charge is -2.36.